The molecule has 1 atom stereocenters. The molecular formula is C19H24FN. The predicted molar refractivity (Wildman–Crippen MR) is 88.0 cm³/mol. The normalized spacial score (nSPS) is 13.2. The van der Waals surface area contributed by atoms with Crippen LogP contribution in [-0.4, -0.2) is 7.05 Å². The molecule has 1 nitrogen and oxygen atoms in total. The van der Waals surface area contributed by atoms with E-state index in [1.54, 1.807) is 6.07 Å². The maximum absolute atomic E-state index is 14.1. The van der Waals surface area contributed by atoms with Gasteiger partial charge in [-0.15, -0.1) is 0 Å². The molecule has 0 aliphatic rings. The van der Waals surface area contributed by atoms with Gasteiger partial charge in [0, 0.05) is 11.6 Å². The fourth-order valence-electron chi connectivity index (χ4n) is 2.35. The van der Waals surface area contributed by atoms with E-state index in [0.717, 1.165) is 11.1 Å². The molecule has 0 amide bonds. The topological polar surface area (TPSA) is 12.0 Å². The van der Waals surface area contributed by atoms with Crippen LogP contribution in [0.1, 0.15) is 44.9 Å². The lowest BCUT2D eigenvalue weighted by molar-refractivity contribution is 0.590. The second-order valence-corrected chi connectivity index (χ2v) is 6.58. The number of benzene rings is 2. The fraction of sp³-hybridized carbons (Fsp3) is 0.368. The Bertz CT molecular complexity index is 608. The van der Waals surface area contributed by atoms with Gasteiger partial charge in [0.2, 0.25) is 0 Å². The van der Waals surface area contributed by atoms with Gasteiger partial charge in [-0.3, -0.25) is 0 Å². The molecule has 0 heterocycles. The first kappa shape index (κ1) is 15.7. The maximum Gasteiger partial charge on any atom is 0.131 e. The van der Waals surface area contributed by atoms with E-state index < -0.39 is 0 Å². The monoisotopic (exact) mass is 285 g/mol. The van der Waals surface area contributed by atoms with Gasteiger partial charge in [0.15, 0.2) is 0 Å². The molecule has 2 rings (SSSR count). The van der Waals surface area contributed by atoms with E-state index in [1.165, 1.54) is 5.56 Å². The predicted octanol–water partition coefficient (Wildman–Crippen LogP) is 5.07. The van der Waals surface area contributed by atoms with Gasteiger partial charge >= 0.3 is 0 Å². The van der Waals surface area contributed by atoms with E-state index in [0.29, 0.717) is 5.56 Å². The second kappa shape index (κ2) is 5.98. The lowest BCUT2D eigenvalue weighted by atomic mass is 9.86. The molecule has 0 aliphatic carbocycles. The van der Waals surface area contributed by atoms with Gasteiger partial charge in [-0.1, -0.05) is 51.1 Å². The Balaban J connectivity index is 2.42. The Morgan fingerprint density at radius 3 is 2.14 bits per heavy atom. The molecule has 2 heteroatoms. The summed E-state index contributed by atoms with van der Waals surface area (Å²) in [5.74, 6) is -0.175. The molecule has 0 bridgehead atoms. The summed E-state index contributed by atoms with van der Waals surface area (Å²) < 4.78 is 14.1. The van der Waals surface area contributed by atoms with E-state index >= 15 is 0 Å². The van der Waals surface area contributed by atoms with Gasteiger partial charge in [0.1, 0.15) is 5.82 Å². The third kappa shape index (κ3) is 3.51. The summed E-state index contributed by atoms with van der Waals surface area (Å²) in [7, 11) is 1.91. The SMILES string of the molecule is CNC(C)c1ccc(F)c(-c2ccc(C(C)(C)C)cc2)c1. The van der Waals surface area contributed by atoms with Crippen molar-refractivity contribution in [1.29, 1.82) is 0 Å². The van der Waals surface area contributed by atoms with Crippen molar-refractivity contribution in [1.82, 2.24) is 5.32 Å². The zero-order valence-corrected chi connectivity index (χ0v) is 13.5. The molecule has 0 saturated heterocycles. The van der Waals surface area contributed by atoms with E-state index in [-0.39, 0.29) is 17.3 Å². The van der Waals surface area contributed by atoms with Crippen LogP contribution in [0.25, 0.3) is 11.1 Å². The number of hydrogen-bond acceptors (Lipinski definition) is 1. The molecule has 0 aromatic heterocycles. The Morgan fingerprint density at radius 1 is 1.00 bits per heavy atom. The molecule has 0 aliphatic heterocycles. The van der Waals surface area contributed by atoms with Crippen LogP contribution >= 0.6 is 0 Å². The standard InChI is InChI=1S/C19H24FN/c1-13(21-5)15-8-11-18(20)17(12-15)14-6-9-16(10-7-14)19(2,3)4/h6-13,21H,1-5H3. The average molecular weight is 285 g/mol. The molecule has 0 radical (unpaired) electrons. The van der Waals surface area contributed by atoms with Gasteiger partial charge in [0.05, 0.1) is 0 Å². The summed E-state index contributed by atoms with van der Waals surface area (Å²) in [6, 6.07) is 13.7. The summed E-state index contributed by atoms with van der Waals surface area (Å²) >= 11 is 0. The van der Waals surface area contributed by atoms with Crippen LogP contribution in [0.5, 0.6) is 0 Å². The second-order valence-electron chi connectivity index (χ2n) is 6.58. The maximum atomic E-state index is 14.1. The quantitative estimate of drug-likeness (QED) is 0.830. The summed E-state index contributed by atoms with van der Waals surface area (Å²) in [6.45, 7) is 8.60. The molecular weight excluding hydrogens is 261 g/mol. The van der Waals surface area contributed by atoms with Crippen molar-refractivity contribution in [3.8, 4) is 11.1 Å². The minimum atomic E-state index is -0.175. The van der Waals surface area contributed by atoms with E-state index in [1.807, 2.05) is 31.3 Å². The van der Waals surface area contributed by atoms with Crippen molar-refractivity contribution in [3.63, 3.8) is 0 Å². The number of nitrogens with one attached hydrogen (secondary N) is 1. The van der Waals surface area contributed by atoms with Crippen molar-refractivity contribution in [3.05, 3.63) is 59.4 Å². The van der Waals surface area contributed by atoms with Crippen molar-refractivity contribution >= 4 is 0 Å². The molecule has 1 N–H and O–H groups in total. The molecule has 2 aromatic rings. The lowest BCUT2D eigenvalue weighted by Gasteiger charge is -2.19. The zero-order chi connectivity index (χ0) is 15.6. The Kier molecular flexibility index (Phi) is 4.48. The first-order valence-corrected chi connectivity index (χ1v) is 7.40. The summed E-state index contributed by atoms with van der Waals surface area (Å²) in [4.78, 5) is 0. The van der Waals surface area contributed by atoms with Gasteiger partial charge < -0.3 is 5.32 Å². The highest BCUT2D eigenvalue weighted by Gasteiger charge is 2.14. The third-order valence-corrected chi connectivity index (χ3v) is 3.99. The molecule has 0 spiro atoms. The molecule has 0 fully saturated rings. The van der Waals surface area contributed by atoms with Crippen LogP contribution in [0.3, 0.4) is 0 Å². The molecule has 112 valence electrons. The molecule has 21 heavy (non-hydrogen) atoms. The smallest absolute Gasteiger partial charge is 0.131 e. The Morgan fingerprint density at radius 2 is 1.62 bits per heavy atom. The molecule has 2 aromatic carbocycles. The van der Waals surface area contributed by atoms with Crippen molar-refractivity contribution in [2.24, 2.45) is 0 Å². The van der Waals surface area contributed by atoms with Crippen LogP contribution in [-0.2, 0) is 5.41 Å². The van der Waals surface area contributed by atoms with Crippen LogP contribution in [0.4, 0.5) is 4.39 Å². The van der Waals surface area contributed by atoms with Crippen LogP contribution in [0.15, 0.2) is 42.5 Å². The van der Waals surface area contributed by atoms with E-state index in [2.05, 4.69) is 45.1 Å². The number of halogens is 1. The minimum Gasteiger partial charge on any atom is -0.313 e. The first-order valence-electron chi connectivity index (χ1n) is 7.40. The van der Waals surface area contributed by atoms with E-state index in [4.69, 9.17) is 0 Å². The zero-order valence-electron chi connectivity index (χ0n) is 13.5. The van der Waals surface area contributed by atoms with Gasteiger partial charge in [-0.25, -0.2) is 4.39 Å². The highest BCUT2D eigenvalue weighted by atomic mass is 19.1. The lowest BCUT2D eigenvalue weighted by Crippen LogP contribution is -2.12. The van der Waals surface area contributed by atoms with Crippen LogP contribution in [0.2, 0.25) is 0 Å². The first-order chi connectivity index (χ1) is 9.82. The Labute approximate surface area is 127 Å². The highest BCUT2D eigenvalue weighted by Crippen LogP contribution is 2.29. The number of hydrogen-bond donors (Lipinski definition) is 1. The molecule has 1 unspecified atom stereocenters. The average Bonchev–Trinajstić information content (AvgIpc) is 2.46. The summed E-state index contributed by atoms with van der Waals surface area (Å²) in [5, 5.41) is 3.19. The van der Waals surface area contributed by atoms with Crippen molar-refractivity contribution in [2.75, 3.05) is 7.05 Å². The fourth-order valence-corrected chi connectivity index (χ4v) is 2.35. The molecule has 0 saturated carbocycles. The summed E-state index contributed by atoms with van der Waals surface area (Å²) in [6.07, 6.45) is 0. The van der Waals surface area contributed by atoms with Gasteiger partial charge in [-0.05, 0) is 48.2 Å². The summed E-state index contributed by atoms with van der Waals surface area (Å²) in [5.41, 5.74) is 4.04. The van der Waals surface area contributed by atoms with Gasteiger partial charge in [-0.2, -0.15) is 0 Å². The largest absolute Gasteiger partial charge is 0.313 e. The number of rotatable bonds is 3. The van der Waals surface area contributed by atoms with Gasteiger partial charge in [0.25, 0.3) is 0 Å². The van der Waals surface area contributed by atoms with Crippen LogP contribution in [0, 0.1) is 5.82 Å². The van der Waals surface area contributed by atoms with Crippen molar-refractivity contribution < 1.29 is 4.39 Å². The Hall–Kier alpha value is -1.67. The minimum absolute atomic E-state index is 0.111. The third-order valence-electron chi connectivity index (χ3n) is 3.99. The van der Waals surface area contributed by atoms with Crippen molar-refractivity contribution in [2.45, 2.75) is 39.2 Å². The van der Waals surface area contributed by atoms with E-state index in [9.17, 15) is 4.39 Å². The van der Waals surface area contributed by atoms with Crippen LogP contribution < -0.4 is 5.32 Å². The highest BCUT2D eigenvalue weighted by molar-refractivity contribution is 5.65.